The van der Waals surface area contributed by atoms with Crippen LogP contribution in [0.25, 0.3) is 0 Å². The van der Waals surface area contributed by atoms with Gasteiger partial charge in [0, 0.05) is 75.5 Å². The summed E-state index contributed by atoms with van der Waals surface area (Å²) in [4.78, 5) is 43.7. The highest BCUT2D eigenvalue weighted by Gasteiger charge is 2.54. The summed E-state index contributed by atoms with van der Waals surface area (Å²) in [5.74, 6) is 5.86. The number of carbonyl (C=O) groups excluding carboxylic acids is 3. The van der Waals surface area contributed by atoms with Gasteiger partial charge in [0.25, 0.3) is 5.91 Å². The number of methoxy groups -OCH3 is 1. The monoisotopic (exact) mass is 645 g/mol. The summed E-state index contributed by atoms with van der Waals surface area (Å²) in [6, 6.07) is 14.3. The van der Waals surface area contributed by atoms with Crippen LogP contribution in [0.5, 0.6) is 0 Å². The maximum absolute atomic E-state index is 13.7. The molecule has 0 spiro atoms. The van der Waals surface area contributed by atoms with Crippen molar-refractivity contribution >= 4 is 17.7 Å². The highest BCUT2D eigenvalue weighted by molar-refractivity contribution is 5.94. The molecule has 3 amide bonds. The first-order chi connectivity index (χ1) is 22.8. The maximum Gasteiger partial charge on any atom is 0.251 e. The van der Waals surface area contributed by atoms with Crippen LogP contribution in [-0.2, 0) is 25.6 Å². The second kappa shape index (κ2) is 14.9. The highest BCUT2D eigenvalue weighted by Crippen LogP contribution is 2.48. The van der Waals surface area contributed by atoms with Gasteiger partial charge in [-0.2, -0.15) is 0 Å². The molecule has 47 heavy (non-hydrogen) atoms. The molecule has 4 fully saturated rings. The molecule has 0 bridgehead atoms. The molecule has 6 rings (SSSR count). The van der Waals surface area contributed by atoms with E-state index in [-0.39, 0.29) is 49.3 Å². The van der Waals surface area contributed by atoms with E-state index in [1.807, 2.05) is 24.3 Å². The Kier molecular flexibility index (Phi) is 10.5. The molecule has 3 saturated heterocycles. The second-order valence-electron chi connectivity index (χ2n) is 13.2. The molecule has 3 aliphatic heterocycles. The Bertz CT molecular complexity index is 1480. The number of amides is 3. The van der Waals surface area contributed by atoms with Gasteiger partial charge in [0.1, 0.15) is 6.17 Å². The number of carbonyl (C=O) groups is 3. The third-order valence-electron chi connectivity index (χ3n) is 9.60. The fourth-order valence-electron chi connectivity index (χ4n) is 6.68. The van der Waals surface area contributed by atoms with Gasteiger partial charge < -0.3 is 30.3 Å². The number of rotatable bonds is 10. The first kappa shape index (κ1) is 33.1. The average molecular weight is 646 g/mol. The van der Waals surface area contributed by atoms with E-state index >= 15 is 0 Å². The van der Waals surface area contributed by atoms with E-state index in [0.29, 0.717) is 25.1 Å². The van der Waals surface area contributed by atoms with Gasteiger partial charge in [-0.25, -0.2) is 4.39 Å². The van der Waals surface area contributed by atoms with Crippen molar-refractivity contribution in [1.82, 2.24) is 25.8 Å². The van der Waals surface area contributed by atoms with Crippen molar-refractivity contribution in [1.29, 1.82) is 0 Å². The molecule has 2 aromatic carbocycles. The molecule has 2 aromatic rings. The summed E-state index contributed by atoms with van der Waals surface area (Å²) in [6.07, 6.45) is 1.11. The van der Waals surface area contributed by atoms with Crippen molar-refractivity contribution in [3.63, 3.8) is 0 Å². The Morgan fingerprint density at radius 3 is 2.32 bits per heavy atom. The van der Waals surface area contributed by atoms with Crippen LogP contribution in [0, 0.1) is 17.3 Å². The number of hydrogen-bond donors (Lipinski definition) is 3. The third-order valence-corrected chi connectivity index (χ3v) is 9.60. The van der Waals surface area contributed by atoms with Gasteiger partial charge in [0.15, 0.2) is 0 Å². The van der Waals surface area contributed by atoms with Crippen molar-refractivity contribution in [2.75, 3.05) is 59.7 Å². The van der Waals surface area contributed by atoms with Crippen LogP contribution in [0.2, 0.25) is 0 Å². The number of benzene rings is 2. The quantitative estimate of drug-likeness (QED) is 0.339. The number of hydrogen-bond acceptors (Lipinski definition) is 7. The van der Waals surface area contributed by atoms with E-state index in [1.165, 1.54) is 5.56 Å². The Hall–Kier alpha value is -3.82. The minimum Gasteiger partial charge on any atom is -0.384 e. The second-order valence-corrected chi connectivity index (χ2v) is 13.2. The van der Waals surface area contributed by atoms with Crippen LogP contribution in [-0.4, -0.2) is 111 Å². The van der Waals surface area contributed by atoms with Crippen LogP contribution in [0.3, 0.4) is 0 Å². The van der Waals surface area contributed by atoms with Crippen molar-refractivity contribution in [2.45, 2.75) is 56.5 Å². The van der Waals surface area contributed by atoms with E-state index in [1.54, 1.807) is 24.1 Å². The number of likely N-dealkylation sites (tertiary alicyclic amines) is 1. The molecule has 0 unspecified atom stereocenters. The van der Waals surface area contributed by atoms with Crippen LogP contribution in [0.15, 0.2) is 48.5 Å². The molecule has 3 N–H and O–H groups in total. The SMILES string of the molecule is COCC1(C(=O)N2C[C@H](NC(=O)[C@@H]3C[C@H](F)CN3)C[C@@H]2CNC(=O)c2ccc(C#Cc3ccc(CN4CCOCC4)cc3)cc2)CC1. The van der Waals surface area contributed by atoms with Gasteiger partial charge in [-0.05, 0) is 61.2 Å². The number of nitrogens with one attached hydrogen (secondary N) is 3. The molecule has 0 aromatic heterocycles. The summed E-state index contributed by atoms with van der Waals surface area (Å²) in [5, 5.41) is 8.91. The molecule has 1 saturated carbocycles. The lowest BCUT2D eigenvalue weighted by atomic mass is 10.1. The largest absolute Gasteiger partial charge is 0.384 e. The number of ether oxygens (including phenoxy) is 2. The maximum atomic E-state index is 13.7. The van der Waals surface area contributed by atoms with Crippen molar-refractivity contribution in [3.05, 3.63) is 70.8 Å². The van der Waals surface area contributed by atoms with Gasteiger partial charge in [0.05, 0.1) is 37.3 Å². The summed E-state index contributed by atoms with van der Waals surface area (Å²) in [7, 11) is 1.59. The predicted octanol–water partition coefficient (Wildman–Crippen LogP) is 1.86. The molecular weight excluding hydrogens is 601 g/mol. The Labute approximate surface area is 275 Å². The van der Waals surface area contributed by atoms with Crippen LogP contribution >= 0.6 is 0 Å². The first-order valence-corrected chi connectivity index (χ1v) is 16.6. The standard InChI is InChI=1S/C36H44FN5O5/c1-46-24-36(12-13-36)35(45)42-23-30(40-34(44)32-18-29(37)20-38-32)19-31(42)21-39-33(43)28-10-8-26(9-11-28)3-2-25-4-6-27(7-5-25)22-41-14-16-47-17-15-41/h4-11,29-32,38H,12-24H2,1H3,(H,39,43)(H,40,44)/t29-,30+,31+,32-/m0/s1. The number of morpholine rings is 1. The zero-order valence-electron chi connectivity index (χ0n) is 26.9. The molecule has 10 nitrogen and oxygen atoms in total. The smallest absolute Gasteiger partial charge is 0.251 e. The van der Waals surface area contributed by atoms with Crippen molar-refractivity contribution < 1.29 is 28.2 Å². The number of nitrogens with zero attached hydrogens (tertiary/aromatic N) is 2. The fraction of sp³-hybridized carbons (Fsp3) is 0.528. The van der Waals surface area contributed by atoms with Gasteiger partial charge in [-0.15, -0.1) is 0 Å². The Morgan fingerprint density at radius 2 is 1.70 bits per heavy atom. The fourth-order valence-corrected chi connectivity index (χ4v) is 6.68. The van der Waals surface area contributed by atoms with Crippen LogP contribution in [0.4, 0.5) is 4.39 Å². The molecule has 1 aliphatic carbocycles. The zero-order chi connectivity index (χ0) is 32.8. The lowest BCUT2D eigenvalue weighted by Gasteiger charge is -2.29. The van der Waals surface area contributed by atoms with Gasteiger partial charge in [0.2, 0.25) is 11.8 Å². The minimum absolute atomic E-state index is 0.00664. The predicted molar refractivity (Wildman–Crippen MR) is 174 cm³/mol. The van der Waals surface area contributed by atoms with E-state index in [2.05, 4.69) is 44.8 Å². The molecule has 3 heterocycles. The lowest BCUT2D eigenvalue weighted by molar-refractivity contribution is -0.140. The van der Waals surface area contributed by atoms with E-state index in [4.69, 9.17) is 9.47 Å². The van der Waals surface area contributed by atoms with E-state index in [0.717, 1.165) is 56.8 Å². The molecule has 4 atom stereocenters. The minimum atomic E-state index is -1.04. The van der Waals surface area contributed by atoms with Gasteiger partial charge >= 0.3 is 0 Å². The Balaban J connectivity index is 1.03. The van der Waals surface area contributed by atoms with Crippen LogP contribution in [0.1, 0.15) is 52.7 Å². The summed E-state index contributed by atoms with van der Waals surface area (Å²) in [6.45, 7) is 5.47. The van der Waals surface area contributed by atoms with Gasteiger partial charge in [-0.3, -0.25) is 19.3 Å². The normalized spacial score (nSPS) is 25.1. The Morgan fingerprint density at radius 1 is 1.02 bits per heavy atom. The van der Waals surface area contributed by atoms with Crippen molar-refractivity contribution in [2.24, 2.45) is 5.41 Å². The summed E-state index contributed by atoms with van der Waals surface area (Å²) >= 11 is 0. The third kappa shape index (κ3) is 8.37. The number of halogens is 1. The van der Waals surface area contributed by atoms with Gasteiger partial charge in [-0.1, -0.05) is 24.0 Å². The molecule has 4 aliphatic rings. The first-order valence-electron chi connectivity index (χ1n) is 16.6. The molecule has 11 heteroatoms. The number of alkyl halides is 1. The highest BCUT2D eigenvalue weighted by atomic mass is 19.1. The van der Waals surface area contributed by atoms with Crippen molar-refractivity contribution in [3.8, 4) is 11.8 Å². The molecular formula is C36H44FN5O5. The molecule has 250 valence electrons. The average Bonchev–Trinajstić information content (AvgIpc) is 3.56. The van der Waals surface area contributed by atoms with Crippen LogP contribution < -0.4 is 16.0 Å². The topological polar surface area (TPSA) is 112 Å². The lowest BCUT2D eigenvalue weighted by Crippen LogP contribution is -2.48. The summed E-state index contributed by atoms with van der Waals surface area (Å²) < 4.78 is 24.4. The molecule has 0 radical (unpaired) electrons. The van der Waals surface area contributed by atoms with E-state index < -0.39 is 17.6 Å². The zero-order valence-corrected chi connectivity index (χ0v) is 26.9. The van der Waals surface area contributed by atoms with E-state index in [9.17, 15) is 18.8 Å². The summed E-state index contributed by atoms with van der Waals surface area (Å²) in [5.41, 5.74) is 2.93.